The smallest absolute Gasteiger partial charge is 0.258 e. The van der Waals surface area contributed by atoms with Crippen molar-refractivity contribution in [3.8, 4) is 0 Å². The first-order valence-corrected chi connectivity index (χ1v) is 8.21. The van der Waals surface area contributed by atoms with Gasteiger partial charge in [0.2, 0.25) is 5.91 Å². The zero-order chi connectivity index (χ0) is 17.8. The molecule has 1 fully saturated rings. The number of amides is 2. The fourth-order valence-electron chi connectivity index (χ4n) is 2.90. The van der Waals surface area contributed by atoms with Gasteiger partial charge in [-0.25, -0.2) is 4.39 Å². The number of hydrogen-bond donors (Lipinski definition) is 1. The van der Waals surface area contributed by atoms with Gasteiger partial charge in [0, 0.05) is 44.5 Å². The third-order valence-corrected chi connectivity index (χ3v) is 4.31. The third-order valence-electron chi connectivity index (χ3n) is 4.31. The molecular formula is C19H20FN3O2. The van der Waals surface area contributed by atoms with Crippen molar-refractivity contribution >= 4 is 23.2 Å². The largest absolute Gasteiger partial charge is 0.368 e. The molecule has 25 heavy (non-hydrogen) atoms. The predicted octanol–water partition coefficient (Wildman–Crippen LogP) is 2.75. The molecule has 1 heterocycles. The van der Waals surface area contributed by atoms with Crippen molar-refractivity contribution in [1.29, 1.82) is 0 Å². The summed E-state index contributed by atoms with van der Waals surface area (Å²) in [5.41, 5.74) is 1.59. The molecule has 0 radical (unpaired) electrons. The Labute approximate surface area is 146 Å². The summed E-state index contributed by atoms with van der Waals surface area (Å²) in [6, 6.07) is 13.3. The minimum absolute atomic E-state index is 0.0166. The molecule has 0 spiro atoms. The number of hydrogen-bond acceptors (Lipinski definition) is 3. The second-order valence-corrected chi connectivity index (χ2v) is 5.98. The van der Waals surface area contributed by atoms with E-state index in [4.69, 9.17) is 0 Å². The van der Waals surface area contributed by atoms with Gasteiger partial charge in [-0.2, -0.15) is 0 Å². The maximum absolute atomic E-state index is 13.7. The molecule has 0 saturated carbocycles. The Bertz CT molecular complexity index is 786. The molecule has 2 aromatic carbocycles. The Morgan fingerprint density at radius 2 is 1.72 bits per heavy atom. The molecule has 3 rings (SSSR count). The maximum atomic E-state index is 13.7. The number of carbonyl (C=O) groups excluding carboxylic acids is 2. The van der Waals surface area contributed by atoms with Gasteiger partial charge in [-0.3, -0.25) is 9.59 Å². The predicted molar refractivity (Wildman–Crippen MR) is 95.3 cm³/mol. The Morgan fingerprint density at radius 1 is 1.00 bits per heavy atom. The van der Waals surface area contributed by atoms with Crippen molar-refractivity contribution in [3.63, 3.8) is 0 Å². The van der Waals surface area contributed by atoms with Gasteiger partial charge < -0.3 is 15.1 Å². The van der Waals surface area contributed by atoms with E-state index in [9.17, 15) is 14.0 Å². The van der Waals surface area contributed by atoms with Gasteiger partial charge in [-0.1, -0.05) is 18.2 Å². The molecule has 2 amide bonds. The number of carbonyl (C=O) groups is 2. The van der Waals surface area contributed by atoms with Crippen molar-refractivity contribution in [1.82, 2.24) is 4.90 Å². The average Bonchev–Trinajstić information content (AvgIpc) is 2.62. The molecular weight excluding hydrogens is 321 g/mol. The van der Waals surface area contributed by atoms with Crippen LogP contribution in [0.3, 0.4) is 0 Å². The van der Waals surface area contributed by atoms with Crippen LogP contribution < -0.4 is 10.2 Å². The summed E-state index contributed by atoms with van der Waals surface area (Å²) in [5, 5.41) is 2.74. The lowest BCUT2D eigenvalue weighted by Crippen LogP contribution is -2.48. The molecule has 1 aliphatic rings. The van der Waals surface area contributed by atoms with Crippen LogP contribution in [0.2, 0.25) is 0 Å². The lowest BCUT2D eigenvalue weighted by molar-refractivity contribution is -0.129. The monoisotopic (exact) mass is 341 g/mol. The molecule has 1 N–H and O–H groups in total. The fourth-order valence-corrected chi connectivity index (χ4v) is 2.90. The van der Waals surface area contributed by atoms with Crippen LogP contribution in [0, 0.1) is 5.82 Å². The summed E-state index contributed by atoms with van der Waals surface area (Å²) in [5.74, 6) is -0.932. The summed E-state index contributed by atoms with van der Waals surface area (Å²) in [6.07, 6.45) is 0. The van der Waals surface area contributed by atoms with Crippen LogP contribution in [0.5, 0.6) is 0 Å². The van der Waals surface area contributed by atoms with Crippen molar-refractivity contribution < 1.29 is 14.0 Å². The van der Waals surface area contributed by atoms with E-state index in [0.717, 1.165) is 18.8 Å². The first-order chi connectivity index (χ1) is 12.0. The molecule has 0 unspecified atom stereocenters. The first kappa shape index (κ1) is 17.0. The number of nitrogens with one attached hydrogen (secondary N) is 1. The molecule has 0 aromatic heterocycles. The van der Waals surface area contributed by atoms with E-state index in [0.29, 0.717) is 18.8 Å². The normalized spacial score (nSPS) is 14.3. The lowest BCUT2D eigenvalue weighted by atomic mass is 10.2. The minimum Gasteiger partial charge on any atom is -0.368 e. The Morgan fingerprint density at radius 3 is 2.40 bits per heavy atom. The van der Waals surface area contributed by atoms with E-state index in [1.165, 1.54) is 12.1 Å². The van der Waals surface area contributed by atoms with E-state index in [-0.39, 0.29) is 11.5 Å². The molecule has 0 bridgehead atoms. The number of nitrogens with zero attached hydrogens (tertiary/aromatic N) is 2. The van der Waals surface area contributed by atoms with Crippen LogP contribution in [0.25, 0.3) is 0 Å². The molecule has 6 heteroatoms. The zero-order valence-electron chi connectivity index (χ0n) is 14.0. The number of piperazine rings is 1. The van der Waals surface area contributed by atoms with Crippen molar-refractivity contribution in [3.05, 3.63) is 59.9 Å². The van der Waals surface area contributed by atoms with Gasteiger partial charge in [0.1, 0.15) is 5.82 Å². The highest BCUT2D eigenvalue weighted by molar-refractivity contribution is 6.04. The van der Waals surface area contributed by atoms with Crippen molar-refractivity contribution in [2.75, 3.05) is 36.4 Å². The van der Waals surface area contributed by atoms with Gasteiger partial charge in [0.05, 0.1) is 5.56 Å². The quantitative estimate of drug-likeness (QED) is 0.934. The van der Waals surface area contributed by atoms with Crippen molar-refractivity contribution in [2.24, 2.45) is 0 Å². The van der Waals surface area contributed by atoms with E-state index < -0.39 is 11.7 Å². The van der Waals surface area contributed by atoms with Crippen LogP contribution in [-0.4, -0.2) is 42.9 Å². The average molecular weight is 341 g/mol. The highest BCUT2D eigenvalue weighted by Gasteiger charge is 2.19. The first-order valence-electron chi connectivity index (χ1n) is 8.21. The zero-order valence-corrected chi connectivity index (χ0v) is 14.0. The Hall–Kier alpha value is -2.89. The van der Waals surface area contributed by atoms with E-state index in [2.05, 4.69) is 10.2 Å². The lowest BCUT2D eigenvalue weighted by Gasteiger charge is -2.35. The number of benzene rings is 2. The van der Waals surface area contributed by atoms with Gasteiger partial charge in [0.25, 0.3) is 5.91 Å². The van der Waals surface area contributed by atoms with Crippen LogP contribution in [0.1, 0.15) is 17.3 Å². The number of rotatable bonds is 3. The van der Waals surface area contributed by atoms with Gasteiger partial charge >= 0.3 is 0 Å². The standard InChI is InChI=1S/C19H20FN3O2/c1-14(24)22-9-11-23(12-10-22)16-6-4-5-15(13-16)21-19(25)17-7-2-3-8-18(17)20/h2-8,13H,9-12H2,1H3,(H,21,25). The maximum Gasteiger partial charge on any atom is 0.258 e. The number of anilines is 2. The molecule has 1 aliphatic heterocycles. The summed E-state index contributed by atoms with van der Waals surface area (Å²) in [7, 11) is 0. The second-order valence-electron chi connectivity index (χ2n) is 5.98. The van der Waals surface area contributed by atoms with Crippen LogP contribution >= 0.6 is 0 Å². The van der Waals surface area contributed by atoms with Crippen LogP contribution in [0.15, 0.2) is 48.5 Å². The SMILES string of the molecule is CC(=O)N1CCN(c2cccc(NC(=O)c3ccccc3F)c2)CC1. The summed E-state index contributed by atoms with van der Waals surface area (Å²) >= 11 is 0. The van der Waals surface area contributed by atoms with E-state index in [1.54, 1.807) is 25.1 Å². The van der Waals surface area contributed by atoms with Gasteiger partial charge in [0.15, 0.2) is 0 Å². The molecule has 2 aromatic rings. The third kappa shape index (κ3) is 3.96. The van der Waals surface area contributed by atoms with E-state index in [1.807, 2.05) is 23.1 Å². The molecule has 0 aliphatic carbocycles. The molecule has 5 nitrogen and oxygen atoms in total. The molecule has 1 saturated heterocycles. The van der Waals surface area contributed by atoms with E-state index >= 15 is 0 Å². The van der Waals surface area contributed by atoms with Gasteiger partial charge in [-0.05, 0) is 30.3 Å². The van der Waals surface area contributed by atoms with Crippen molar-refractivity contribution in [2.45, 2.75) is 6.92 Å². The Balaban J connectivity index is 1.69. The Kier molecular flexibility index (Phi) is 4.97. The fraction of sp³-hybridized carbons (Fsp3) is 0.263. The molecule has 0 atom stereocenters. The number of halogens is 1. The van der Waals surface area contributed by atoms with Crippen LogP contribution in [0.4, 0.5) is 15.8 Å². The topological polar surface area (TPSA) is 52.7 Å². The summed E-state index contributed by atoms with van der Waals surface area (Å²) in [4.78, 5) is 27.6. The second kappa shape index (κ2) is 7.34. The van der Waals surface area contributed by atoms with Gasteiger partial charge in [-0.15, -0.1) is 0 Å². The highest BCUT2D eigenvalue weighted by atomic mass is 19.1. The summed E-state index contributed by atoms with van der Waals surface area (Å²) < 4.78 is 13.7. The minimum atomic E-state index is -0.545. The molecule has 130 valence electrons. The van der Waals surface area contributed by atoms with Crippen LogP contribution in [-0.2, 0) is 4.79 Å². The highest BCUT2D eigenvalue weighted by Crippen LogP contribution is 2.22. The summed E-state index contributed by atoms with van der Waals surface area (Å²) in [6.45, 7) is 4.42.